The van der Waals surface area contributed by atoms with Crippen LogP contribution in [-0.4, -0.2) is 161 Å². The van der Waals surface area contributed by atoms with Crippen molar-refractivity contribution in [2.75, 3.05) is 101 Å². The molecular weight excluding hydrogens is 948 g/mol. The van der Waals surface area contributed by atoms with Crippen LogP contribution < -0.4 is 14.3 Å². The second kappa shape index (κ2) is 21.7. The lowest BCUT2D eigenvalue weighted by atomic mass is 10.2. The second-order valence-electron chi connectivity index (χ2n) is 15.7. The Bertz CT molecular complexity index is 2390. The number of carbonyl (C=O) groups is 2. The summed E-state index contributed by atoms with van der Waals surface area (Å²) in [5, 5.41) is -0.365. The minimum atomic E-state index is -3.98. The fourth-order valence-electron chi connectivity index (χ4n) is 7.49. The summed E-state index contributed by atoms with van der Waals surface area (Å²) in [5.41, 5.74) is 7.23. The van der Waals surface area contributed by atoms with Crippen LogP contribution in [0.2, 0.25) is 10.0 Å². The molecule has 6 heterocycles. The lowest BCUT2D eigenvalue weighted by Gasteiger charge is -2.43. The molecule has 4 aliphatic heterocycles. The van der Waals surface area contributed by atoms with Gasteiger partial charge < -0.3 is 19.9 Å². The molecule has 0 spiro atoms. The number of nitrogens with zero attached hydrogens (tertiary/aromatic N) is 8. The second-order valence-corrected chi connectivity index (χ2v) is 20.2. The quantitative estimate of drug-likeness (QED) is 0.134. The number of hydrogen-bond donors (Lipinski definition) is 1. The maximum atomic E-state index is 13.8. The number of ketones is 1. The first-order valence-electron chi connectivity index (χ1n) is 20.9. The summed E-state index contributed by atoms with van der Waals surface area (Å²) in [6.07, 6.45) is 2.69. The van der Waals surface area contributed by atoms with E-state index in [9.17, 15) is 35.2 Å². The van der Waals surface area contributed by atoms with Crippen LogP contribution in [0.1, 0.15) is 32.1 Å². The Morgan fingerprint density at radius 2 is 1.09 bits per heavy atom. The van der Waals surface area contributed by atoms with Crippen LogP contribution in [0, 0.1) is 11.6 Å². The number of hydrogen-bond acceptors (Lipinski definition) is 14. The summed E-state index contributed by atoms with van der Waals surface area (Å²) < 4.78 is 102. The summed E-state index contributed by atoms with van der Waals surface area (Å²) in [7, 11) is -6.69. The van der Waals surface area contributed by atoms with E-state index < -0.39 is 38.0 Å². The van der Waals surface area contributed by atoms with E-state index in [1.165, 1.54) is 58.4 Å². The molecule has 24 heteroatoms. The number of nitrogens with two attached hydrogens (primary N) is 1. The summed E-state index contributed by atoms with van der Waals surface area (Å²) in [6, 6.07) is 14.4. The molecule has 0 radical (unpaired) electrons. The Hall–Kier alpha value is -4.46. The van der Waals surface area contributed by atoms with E-state index in [4.69, 9.17) is 38.4 Å². The maximum Gasteiger partial charge on any atom is 0.339 e. The highest BCUT2D eigenvalue weighted by Crippen LogP contribution is 2.30. The first kappa shape index (κ1) is 49.4. The molecule has 8 rings (SSSR count). The molecule has 0 saturated carbocycles. The van der Waals surface area contributed by atoms with Gasteiger partial charge in [0.05, 0.1) is 104 Å². The fourth-order valence-corrected chi connectivity index (χ4v) is 11.0. The Balaban J connectivity index is 0.000000196. The van der Waals surface area contributed by atoms with Crippen molar-refractivity contribution in [2.45, 2.75) is 25.2 Å². The Morgan fingerprint density at radius 1 is 0.682 bits per heavy atom. The van der Waals surface area contributed by atoms with Crippen molar-refractivity contribution in [3.63, 3.8) is 0 Å². The van der Waals surface area contributed by atoms with E-state index in [-0.39, 0.29) is 52.4 Å². The van der Waals surface area contributed by atoms with Crippen LogP contribution in [0.15, 0.2) is 73.1 Å². The standard InChI is InChI=1S/C21H25ClFN5O4S.C21H24ClFN4O5S/c22-19-9-17(3-4-20(19)23)28(12-16-2-1-15(11-25-16)21(29)10-24)33(30,31)27-7-5-26(6-8-27)18-13-32-14-18;1-31-21(28)15-2-3-16(24-11-15)12-27(17-4-5-20(23)19(22)10-17)33(29,30)26-8-6-25(7-9-26)18-13-32-14-18/h1-4,9,11,18H,5-8,10,12-14,24H2;2-5,10-11,18H,6-9,12-14H2,1H3. The zero-order valence-corrected chi connectivity index (χ0v) is 39.0. The number of ether oxygens (including phenoxy) is 3. The number of methoxy groups -OCH3 is 1. The third-order valence-corrected chi connectivity index (χ3v) is 16.0. The van der Waals surface area contributed by atoms with Gasteiger partial charge in [-0.15, -0.1) is 0 Å². The molecule has 0 bridgehead atoms. The number of pyridine rings is 2. The number of piperazine rings is 2. The van der Waals surface area contributed by atoms with Gasteiger partial charge in [0.2, 0.25) is 0 Å². The summed E-state index contributed by atoms with van der Waals surface area (Å²) >= 11 is 11.9. The van der Waals surface area contributed by atoms with E-state index in [0.717, 1.165) is 20.7 Å². The van der Waals surface area contributed by atoms with Crippen LogP contribution in [0.25, 0.3) is 0 Å². The van der Waals surface area contributed by atoms with Gasteiger partial charge in [0.1, 0.15) is 11.6 Å². The van der Waals surface area contributed by atoms with Crippen molar-refractivity contribution in [1.82, 2.24) is 28.4 Å². The van der Waals surface area contributed by atoms with Gasteiger partial charge in [0.25, 0.3) is 0 Å². The number of esters is 1. The van der Waals surface area contributed by atoms with E-state index in [0.29, 0.717) is 108 Å². The van der Waals surface area contributed by atoms with Crippen LogP contribution in [0.3, 0.4) is 0 Å². The molecule has 2 aromatic heterocycles. The predicted molar refractivity (Wildman–Crippen MR) is 242 cm³/mol. The Kier molecular flexibility index (Phi) is 16.2. The summed E-state index contributed by atoms with van der Waals surface area (Å²) in [6.45, 7) is 5.95. The molecule has 4 aromatic rings. The van der Waals surface area contributed by atoms with Gasteiger partial charge in [-0.1, -0.05) is 23.2 Å². The van der Waals surface area contributed by atoms with Crippen LogP contribution in [0.4, 0.5) is 20.2 Å². The highest BCUT2D eigenvalue weighted by Gasteiger charge is 2.38. The molecule has 2 aromatic carbocycles. The fraction of sp³-hybridized carbons (Fsp3) is 0.429. The minimum absolute atomic E-state index is 0.113. The maximum absolute atomic E-state index is 13.8. The van der Waals surface area contributed by atoms with Crippen LogP contribution >= 0.6 is 23.2 Å². The van der Waals surface area contributed by atoms with Crippen molar-refractivity contribution in [2.24, 2.45) is 5.73 Å². The largest absolute Gasteiger partial charge is 0.465 e. The average Bonchev–Trinajstić information content (AvgIpc) is 3.28. The van der Waals surface area contributed by atoms with E-state index in [1.807, 2.05) is 0 Å². The molecule has 0 atom stereocenters. The van der Waals surface area contributed by atoms with E-state index >= 15 is 0 Å². The van der Waals surface area contributed by atoms with Gasteiger partial charge in [-0.05, 0) is 60.7 Å². The van der Waals surface area contributed by atoms with Gasteiger partial charge in [0, 0.05) is 70.3 Å². The van der Waals surface area contributed by atoms with E-state index in [2.05, 4.69) is 24.5 Å². The highest BCUT2D eigenvalue weighted by atomic mass is 35.5. The lowest BCUT2D eigenvalue weighted by molar-refractivity contribution is -0.0721. The third-order valence-electron chi connectivity index (χ3n) is 11.6. The summed E-state index contributed by atoms with van der Waals surface area (Å²) in [4.78, 5) is 36.3. The third kappa shape index (κ3) is 11.4. The van der Waals surface area contributed by atoms with Gasteiger partial charge in [0.15, 0.2) is 5.78 Å². The number of carbonyl (C=O) groups excluding carboxylic acids is 2. The zero-order chi connectivity index (χ0) is 47.2. The topological polar surface area (TPSA) is 201 Å². The molecule has 4 aliphatic rings. The summed E-state index contributed by atoms with van der Waals surface area (Å²) in [5.74, 6) is -2.09. The number of anilines is 2. The zero-order valence-electron chi connectivity index (χ0n) is 35.8. The number of halogens is 4. The minimum Gasteiger partial charge on any atom is -0.465 e. The molecule has 66 heavy (non-hydrogen) atoms. The van der Waals surface area contributed by atoms with Crippen LogP contribution in [0.5, 0.6) is 0 Å². The molecule has 4 fully saturated rings. The Morgan fingerprint density at radius 3 is 1.41 bits per heavy atom. The van der Waals surface area contributed by atoms with Crippen molar-refractivity contribution in [3.8, 4) is 0 Å². The van der Waals surface area contributed by atoms with Crippen LogP contribution in [-0.2, 0) is 47.7 Å². The molecule has 18 nitrogen and oxygen atoms in total. The van der Waals surface area contributed by atoms with Crippen molar-refractivity contribution in [3.05, 3.63) is 117 Å². The SMILES string of the molecule is COC(=O)c1ccc(CN(c2ccc(F)c(Cl)c2)S(=O)(=O)N2CCN(C3COC3)CC2)nc1.NCC(=O)c1ccc(CN(c2ccc(F)c(Cl)c2)S(=O)(=O)N2CCN(C3COC3)CC2)nc1. The molecule has 2 N–H and O–H groups in total. The molecule has 356 valence electrons. The van der Waals surface area contributed by atoms with Gasteiger partial charge in [-0.3, -0.25) is 33.2 Å². The number of aromatic nitrogens is 2. The Labute approximate surface area is 392 Å². The number of benzene rings is 2. The lowest BCUT2D eigenvalue weighted by Crippen LogP contribution is -2.59. The van der Waals surface area contributed by atoms with Crippen molar-refractivity contribution >= 4 is 66.7 Å². The highest BCUT2D eigenvalue weighted by molar-refractivity contribution is 7.90. The molecule has 4 saturated heterocycles. The number of rotatable bonds is 15. The first-order valence-corrected chi connectivity index (χ1v) is 24.4. The predicted octanol–water partition coefficient (Wildman–Crippen LogP) is 3.21. The monoisotopic (exact) mass is 995 g/mol. The van der Waals surface area contributed by atoms with E-state index in [1.54, 1.807) is 18.2 Å². The molecule has 0 amide bonds. The molecule has 0 aliphatic carbocycles. The first-order chi connectivity index (χ1) is 31.6. The average molecular weight is 997 g/mol. The number of Topliss-reactive ketones (excluding diaryl/α,β-unsaturated/α-hetero) is 1. The van der Waals surface area contributed by atoms with Crippen molar-refractivity contribution in [1.29, 1.82) is 0 Å². The van der Waals surface area contributed by atoms with Gasteiger partial charge in [-0.25, -0.2) is 13.6 Å². The smallest absolute Gasteiger partial charge is 0.339 e. The van der Waals surface area contributed by atoms with Crippen molar-refractivity contribution < 1.29 is 49.4 Å². The molecular formula is C42H49Cl2F2N9O9S2. The normalized spacial score (nSPS) is 18.1. The van der Waals surface area contributed by atoms with Gasteiger partial charge >= 0.3 is 26.4 Å². The molecule has 0 unspecified atom stereocenters. The van der Waals surface area contributed by atoms with Gasteiger partial charge in [-0.2, -0.15) is 25.4 Å².